The number of hydroxylamine groups is 1. The average Bonchev–Trinajstić information content (AvgIpc) is 2.17. The van der Waals surface area contributed by atoms with Crippen molar-refractivity contribution < 1.29 is 9.94 Å². The van der Waals surface area contributed by atoms with Gasteiger partial charge in [-0.05, 0) is 24.1 Å². The van der Waals surface area contributed by atoms with Crippen LogP contribution in [0.2, 0.25) is 0 Å². The van der Waals surface area contributed by atoms with Crippen molar-refractivity contribution in [2.75, 3.05) is 7.11 Å². The van der Waals surface area contributed by atoms with E-state index in [9.17, 15) is 0 Å². The fourth-order valence-corrected chi connectivity index (χ4v) is 2.01. The molecule has 1 aromatic carbocycles. The molecule has 0 saturated carbocycles. The van der Waals surface area contributed by atoms with E-state index in [1.807, 2.05) is 12.1 Å². The van der Waals surface area contributed by atoms with Gasteiger partial charge in [-0.1, -0.05) is 22.9 Å². The maximum absolute atomic E-state index is 8.67. The first-order valence-electron chi connectivity index (χ1n) is 4.45. The van der Waals surface area contributed by atoms with Crippen molar-refractivity contribution in [1.82, 2.24) is 5.48 Å². The summed E-state index contributed by atoms with van der Waals surface area (Å²) in [5, 5.41) is 8.67. The summed E-state index contributed by atoms with van der Waals surface area (Å²) in [6.45, 7) is 2.45. The highest BCUT2D eigenvalue weighted by Crippen LogP contribution is 2.28. The van der Waals surface area contributed by atoms with Crippen LogP contribution in [-0.4, -0.2) is 12.3 Å². The second-order valence-corrected chi connectivity index (χ2v) is 3.86. The van der Waals surface area contributed by atoms with Crippen molar-refractivity contribution in [3.05, 3.63) is 27.7 Å². The Kier molecular flexibility index (Phi) is 4.38. The van der Waals surface area contributed by atoms with E-state index in [0.717, 1.165) is 27.8 Å². The van der Waals surface area contributed by atoms with E-state index < -0.39 is 0 Å². The van der Waals surface area contributed by atoms with Crippen molar-refractivity contribution in [3.63, 3.8) is 0 Å². The van der Waals surface area contributed by atoms with Crippen LogP contribution < -0.4 is 10.2 Å². The predicted molar refractivity (Wildman–Crippen MR) is 58.7 cm³/mol. The Balaban J connectivity index is 3.17. The van der Waals surface area contributed by atoms with Crippen LogP contribution in [0.1, 0.15) is 18.1 Å². The van der Waals surface area contributed by atoms with Crippen molar-refractivity contribution >= 4 is 15.9 Å². The van der Waals surface area contributed by atoms with Crippen molar-refractivity contribution in [2.45, 2.75) is 19.9 Å². The number of benzene rings is 1. The van der Waals surface area contributed by atoms with Gasteiger partial charge in [0.15, 0.2) is 0 Å². The van der Waals surface area contributed by atoms with E-state index in [1.54, 1.807) is 7.11 Å². The molecule has 2 N–H and O–H groups in total. The molecule has 0 atom stereocenters. The zero-order chi connectivity index (χ0) is 10.6. The minimum Gasteiger partial charge on any atom is -0.496 e. The van der Waals surface area contributed by atoms with Crippen LogP contribution >= 0.6 is 15.9 Å². The lowest BCUT2D eigenvalue weighted by molar-refractivity contribution is 0.160. The smallest absolute Gasteiger partial charge is 0.126 e. The minimum absolute atomic E-state index is 0.385. The Morgan fingerprint density at radius 1 is 1.43 bits per heavy atom. The van der Waals surface area contributed by atoms with Gasteiger partial charge in [0, 0.05) is 16.6 Å². The molecule has 78 valence electrons. The fraction of sp³-hybridized carbons (Fsp3) is 0.400. The van der Waals surface area contributed by atoms with E-state index >= 15 is 0 Å². The zero-order valence-electron chi connectivity index (χ0n) is 8.30. The molecule has 0 amide bonds. The number of hydrogen-bond acceptors (Lipinski definition) is 3. The maximum Gasteiger partial charge on any atom is 0.126 e. The molecule has 0 aliphatic rings. The topological polar surface area (TPSA) is 41.5 Å². The molecule has 0 radical (unpaired) electrons. The van der Waals surface area contributed by atoms with Crippen molar-refractivity contribution in [2.24, 2.45) is 0 Å². The minimum atomic E-state index is 0.385. The number of rotatable bonds is 4. The Morgan fingerprint density at radius 2 is 2.07 bits per heavy atom. The van der Waals surface area contributed by atoms with E-state index in [0.29, 0.717) is 6.54 Å². The molecule has 0 saturated heterocycles. The highest BCUT2D eigenvalue weighted by atomic mass is 79.9. The summed E-state index contributed by atoms with van der Waals surface area (Å²) >= 11 is 3.42. The zero-order valence-corrected chi connectivity index (χ0v) is 9.89. The lowest BCUT2D eigenvalue weighted by Gasteiger charge is -2.12. The molecule has 0 fully saturated rings. The van der Waals surface area contributed by atoms with Gasteiger partial charge in [-0.25, -0.2) is 5.48 Å². The van der Waals surface area contributed by atoms with Crippen LogP contribution in [0.5, 0.6) is 5.75 Å². The first-order chi connectivity index (χ1) is 6.72. The molecule has 0 aliphatic carbocycles. The third-order valence-electron chi connectivity index (χ3n) is 2.06. The molecule has 14 heavy (non-hydrogen) atoms. The van der Waals surface area contributed by atoms with Crippen LogP contribution in [0.15, 0.2) is 16.6 Å². The third kappa shape index (κ3) is 2.47. The number of halogens is 1. The van der Waals surface area contributed by atoms with Gasteiger partial charge in [-0.3, -0.25) is 0 Å². The van der Waals surface area contributed by atoms with Crippen molar-refractivity contribution in [1.29, 1.82) is 0 Å². The highest BCUT2D eigenvalue weighted by molar-refractivity contribution is 9.10. The van der Waals surface area contributed by atoms with E-state index in [1.165, 1.54) is 0 Å². The number of aryl methyl sites for hydroxylation is 1. The quantitative estimate of drug-likeness (QED) is 0.817. The average molecular weight is 260 g/mol. The van der Waals surface area contributed by atoms with Crippen LogP contribution in [0.4, 0.5) is 0 Å². The highest BCUT2D eigenvalue weighted by Gasteiger charge is 2.08. The SMILES string of the molecule is CCc1cc(Br)cc(CNO)c1OC. The van der Waals surface area contributed by atoms with Gasteiger partial charge in [0.25, 0.3) is 0 Å². The first-order valence-corrected chi connectivity index (χ1v) is 5.24. The lowest BCUT2D eigenvalue weighted by Crippen LogP contribution is -2.08. The Morgan fingerprint density at radius 3 is 2.57 bits per heavy atom. The van der Waals surface area contributed by atoms with Gasteiger partial charge in [0.1, 0.15) is 5.75 Å². The Hall–Kier alpha value is -0.580. The molecule has 0 aromatic heterocycles. The van der Waals surface area contributed by atoms with E-state index in [2.05, 4.69) is 28.3 Å². The molecule has 0 aliphatic heterocycles. The molecular formula is C10H14BrNO2. The maximum atomic E-state index is 8.67. The second kappa shape index (κ2) is 5.34. The van der Waals surface area contributed by atoms with Crippen LogP contribution in [0.25, 0.3) is 0 Å². The number of hydrogen-bond donors (Lipinski definition) is 2. The number of methoxy groups -OCH3 is 1. The lowest BCUT2D eigenvalue weighted by atomic mass is 10.1. The normalized spacial score (nSPS) is 10.3. The van der Waals surface area contributed by atoms with Gasteiger partial charge in [-0.2, -0.15) is 0 Å². The molecule has 4 heteroatoms. The molecule has 1 rings (SSSR count). The van der Waals surface area contributed by atoms with Gasteiger partial charge in [0.05, 0.1) is 7.11 Å². The molecular weight excluding hydrogens is 246 g/mol. The summed E-state index contributed by atoms with van der Waals surface area (Å²) in [7, 11) is 1.64. The fourth-order valence-electron chi connectivity index (χ4n) is 1.45. The van der Waals surface area contributed by atoms with E-state index in [4.69, 9.17) is 9.94 Å². The largest absolute Gasteiger partial charge is 0.496 e. The summed E-state index contributed by atoms with van der Waals surface area (Å²) in [6.07, 6.45) is 0.904. The van der Waals surface area contributed by atoms with Crippen LogP contribution in [0.3, 0.4) is 0 Å². The molecule has 3 nitrogen and oxygen atoms in total. The molecule has 0 bridgehead atoms. The summed E-state index contributed by atoms with van der Waals surface area (Å²) in [6, 6.07) is 3.96. The molecule has 1 aromatic rings. The number of ether oxygens (including phenoxy) is 1. The summed E-state index contributed by atoms with van der Waals surface area (Å²) in [5.41, 5.74) is 4.21. The van der Waals surface area contributed by atoms with Gasteiger partial charge in [-0.15, -0.1) is 0 Å². The molecule has 0 spiro atoms. The Labute approximate surface area is 92.2 Å². The summed E-state index contributed by atoms with van der Waals surface area (Å²) in [4.78, 5) is 0. The standard InChI is InChI=1S/C10H14BrNO2/c1-3-7-4-9(11)5-8(6-12-13)10(7)14-2/h4-5,12-13H,3,6H2,1-2H3. The summed E-state index contributed by atoms with van der Waals surface area (Å²) in [5.74, 6) is 0.845. The molecule has 0 unspecified atom stereocenters. The number of nitrogens with one attached hydrogen (secondary N) is 1. The van der Waals surface area contributed by atoms with Gasteiger partial charge < -0.3 is 9.94 Å². The van der Waals surface area contributed by atoms with Crippen molar-refractivity contribution in [3.8, 4) is 5.75 Å². The van der Waals surface area contributed by atoms with Gasteiger partial charge >= 0.3 is 0 Å². The van der Waals surface area contributed by atoms with Crippen LogP contribution in [-0.2, 0) is 13.0 Å². The molecule has 0 heterocycles. The summed E-state index contributed by atoms with van der Waals surface area (Å²) < 4.78 is 6.30. The first kappa shape index (κ1) is 11.5. The second-order valence-electron chi connectivity index (χ2n) is 2.95. The van der Waals surface area contributed by atoms with E-state index in [-0.39, 0.29) is 0 Å². The van der Waals surface area contributed by atoms with Crippen LogP contribution in [0, 0.1) is 0 Å². The third-order valence-corrected chi connectivity index (χ3v) is 2.52. The monoisotopic (exact) mass is 259 g/mol. The Bertz CT molecular complexity index is 315. The van der Waals surface area contributed by atoms with Gasteiger partial charge in [0.2, 0.25) is 0 Å². The predicted octanol–water partition coefficient (Wildman–Crippen LogP) is 2.50.